The predicted octanol–water partition coefficient (Wildman–Crippen LogP) is 2.00. The highest BCUT2D eigenvalue weighted by Gasteiger charge is 2.25. The van der Waals surface area contributed by atoms with Crippen LogP contribution in [0.5, 0.6) is 0 Å². The standard InChI is InChI=1S/C16H17N5O2/c1-10-17-14(20-23-10)11-6-8-21(9-7-11)16-18-13-5-3-2-4-12(13)15(22)19-16/h2-5,11H,6-9H2,1H3,(H,18,19,22). The van der Waals surface area contributed by atoms with Gasteiger partial charge in [-0.05, 0) is 25.0 Å². The lowest BCUT2D eigenvalue weighted by Gasteiger charge is -2.30. The Kier molecular flexibility index (Phi) is 3.33. The molecule has 118 valence electrons. The monoisotopic (exact) mass is 311 g/mol. The molecule has 23 heavy (non-hydrogen) atoms. The number of para-hydroxylation sites is 1. The summed E-state index contributed by atoms with van der Waals surface area (Å²) in [4.78, 5) is 26.1. The van der Waals surface area contributed by atoms with Crippen LogP contribution in [0, 0.1) is 6.92 Å². The van der Waals surface area contributed by atoms with Gasteiger partial charge in [-0.3, -0.25) is 9.78 Å². The summed E-state index contributed by atoms with van der Waals surface area (Å²) in [5, 5.41) is 4.63. The van der Waals surface area contributed by atoms with Gasteiger partial charge in [0.2, 0.25) is 11.8 Å². The van der Waals surface area contributed by atoms with Crippen molar-refractivity contribution in [3.63, 3.8) is 0 Å². The summed E-state index contributed by atoms with van der Waals surface area (Å²) in [5.74, 6) is 2.32. The summed E-state index contributed by atoms with van der Waals surface area (Å²) < 4.78 is 5.06. The fraction of sp³-hybridized carbons (Fsp3) is 0.375. The average molecular weight is 311 g/mol. The van der Waals surface area contributed by atoms with Crippen LogP contribution in [0.2, 0.25) is 0 Å². The number of benzene rings is 1. The molecule has 4 rings (SSSR count). The van der Waals surface area contributed by atoms with Gasteiger partial charge in [-0.15, -0.1) is 0 Å². The largest absolute Gasteiger partial charge is 0.342 e. The van der Waals surface area contributed by atoms with Crippen molar-refractivity contribution in [3.05, 3.63) is 46.3 Å². The minimum absolute atomic E-state index is 0.0958. The number of nitrogens with one attached hydrogen (secondary N) is 1. The first kappa shape index (κ1) is 13.9. The Morgan fingerprint density at radius 2 is 2.00 bits per heavy atom. The van der Waals surface area contributed by atoms with E-state index < -0.39 is 0 Å². The van der Waals surface area contributed by atoms with Crippen LogP contribution in [0.25, 0.3) is 10.9 Å². The average Bonchev–Trinajstić information content (AvgIpc) is 3.01. The smallest absolute Gasteiger partial charge is 0.260 e. The van der Waals surface area contributed by atoms with Gasteiger partial charge in [0.25, 0.3) is 5.56 Å². The molecule has 1 fully saturated rings. The van der Waals surface area contributed by atoms with E-state index in [-0.39, 0.29) is 5.56 Å². The first-order chi connectivity index (χ1) is 11.2. The van der Waals surface area contributed by atoms with Crippen LogP contribution in [0.1, 0.15) is 30.5 Å². The number of hydrogen-bond donors (Lipinski definition) is 1. The molecule has 3 aromatic rings. The molecule has 0 bridgehead atoms. The molecule has 7 nitrogen and oxygen atoms in total. The number of rotatable bonds is 2. The number of nitrogens with zero attached hydrogens (tertiary/aromatic N) is 4. The first-order valence-electron chi connectivity index (χ1n) is 7.75. The molecular weight excluding hydrogens is 294 g/mol. The second-order valence-electron chi connectivity index (χ2n) is 5.84. The molecule has 0 unspecified atom stereocenters. The second-order valence-corrected chi connectivity index (χ2v) is 5.84. The van der Waals surface area contributed by atoms with Crippen molar-refractivity contribution in [1.29, 1.82) is 0 Å². The van der Waals surface area contributed by atoms with Crippen molar-refractivity contribution in [2.45, 2.75) is 25.7 Å². The Hall–Kier alpha value is -2.70. The maximum Gasteiger partial charge on any atom is 0.260 e. The quantitative estimate of drug-likeness (QED) is 0.779. The van der Waals surface area contributed by atoms with Gasteiger partial charge in [0.05, 0.1) is 10.9 Å². The lowest BCUT2D eigenvalue weighted by Crippen LogP contribution is -2.35. The van der Waals surface area contributed by atoms with Gasteiger partial charge in [-0.25, -0.2) is 4.98 Å². The van der Waals surface area contributed by atoms with Crippen LogP contribution in [-0.2, 0) is 0 Å². The molecule has 1 aliphatic rings. The summed E-state index contributed by atoms with van der Waals surface area (Å²) in [6.07, 6.45) is 1.82. The summed E-state index contributed by atoms with van der Waals surface area (Å²) in [5.41, 5.74) is 0.628. The Labute approximate surface area is 132 Å². The van der Waals surface area contributed by atoms with E-state index in [4.69, 9.17) is 4.52 Å². The number of piperidine rings is 1. The second kappa shape index (κ2) is 5.49. The van der Waals surface area contributed by atoms with Gasteiger partial charge < -0.3 is 9.42 Å². The van der Waals surface area contributed by atoms with Gasteiger partial charge in [-0.2, -0.15) is 4.98 Å². The SMILES string of the molecule is Cc1nc(C2CCN(c3nc4ccccc4c(=O)[nH]3)CC2)no1. The number of anilines is 1. The molecule has 0 atom stereocenters. The molecular formula is C16H17N5O2. The Morgan fingerprint density at radius 1 is 1.22 bits per heavy atom. The maximum absolute atomic E-state index is 12.2. The van der Waals surface area contributed by atoms with E-state index in [2.05, 4.69) is 25.0 Å². The summed E-state index contributed by atoms with van der Waals surface area (Å²) >= 11 is 0. The summed E-state index contributed by atoms with van der Waals surface area (Å²) in [7, 11) is 0. The molecule has 1 N–H and O–H groups in total. The zero-order valence-electron chi connectivity index (χ0n) is 12.8. The van der Waals surface area contributed by atoms with E-state index in [1.165, 1.54) is 0 Å². The van der Waals surface area contributed by atoms with Gasteiger partial charge in [0.1, 0.15) is 0 Å². The van der Waals surface area contributed by atoms with Crippen molar-refractivity contribution in [3.8, 4) is 0 Å². The molecule has 1 aromatic carbocycles. The van der Waals surface area contributed by atoms with Gasteiger partial charge in [0.15, 0.2) is 5.82 Å². The van der Waals surface area contributed by atoms with E-state index in [1.54, 1.807) is 13.0 Å². The fourth-order valence-corrected chi connectivity index (χ4v) is 3.05. The third-order valence-corrected chi connectivity index (χ3v) is 4.30. The zero-order chi connectivity index (χ0) is 15.8. The van der Waals surface area contributed by atoms with E-state index in [1.807, 2.05) is 18.2 Å². The number of aryl methyl sites for hydroxylation is 1. The highest BCUT2D eigenvalue weighted by molar-refractivity contribution is 5.78. The van der Waals surface area contributed by atoms with E-state index in [9.17, 15) is 4.79 Å². The number of hydrogen-bond acceptors (Lipinski definition) is 6. The predicted molar refractivity (Wildman–Crippen MR) is 85.6 cm³/mol. The maximum atomic E-state index is 12.2. The van der Waals surface area contributed by atoms with Crippen LogP contribution in [0.4, 0.5) is 5.95 Å². The van der Waals surface area contributed by atoms with E-state index in [0.717, 1.165) is 37.3 Å². The highest BCUT2D eigenvalue weighted by atomic mass is 16.5. The van der Waals surface area contributed by atoms with E-state index in [0.29, 0.717) is 23.1 Å². The topological polar surface area (TPSA) is 87.9 Å². The molecule has 1 aliphatic heterocycles. The molecule has 0 aliphatic carbocycles. The molecule has 0 saturated carbocycles. The Morgan fingerprint density at radius 3 is 2.74 bits per heavy atom. The third-order valence-electron chi connectivity index (χ3n) is 4.30. The van der Waals surface area contributed by atoms with Gasteiger partial charge >= 0.3 is 0 Å². The van der Waals surface area contributed by atoms with Crippen molar-refractivity contribution in [1.82, 2.24) is 20.1 Å². The minimum Gasteiger partial charge on any atom is -0.342 e. The molecule has 0 amide bonds. The number of H-pyrrole nitrogens is 1. The molecule has 3 heterocycles. The molecule has 7 heteroatoms. The molecule has 1 saturated heterocycles. The first-order valence-corrected chi connectivity index (χ1v) is 7.75. The fourth-order valence-electron chi connectivity index (χ4n) is 3.05. The number of aromatic nitrogens is 4. The van der Waals surface area contributed by atoms with Crippen molar-refractivity contribution < 1.29 is 4.52 Å². The number of aromatic amines is 1. The summed E-state index contributed by atoms with van der Waals surface area (Å²) in [6.45, 7) is 3.41. The highest BCUT2D eigenvalue weighted by Crippen LogP contribution is 2.27. The lowest BCUT2D eigenvalue weighted by atomic mass is 9.96. The zero-order valence-corrected chi connectivity index (χ0v) is 12.8. The minimum atomic E-state index is -0.0958. The molecule has 2 aromatic heterocycles. The normalized spacial score (nSPS) is 16.1. The Balaban J connectivity index is 1.55. The van der Waals surface area contributed by atoms with E-state index >= 15 is 0 Å². The van der Waals surface area contributed by atoms with Crippen LogP contribution < -0.4 is 10.5 Å². The van der Waals surface area contributed by atoms with Crippen LogP contribution in [-0.4, -0.2) is 33.2 Å². The van der Waals surface area contributed by atoms with Gasteiger partial charge in [0, 0.05) is 25.9 Å². The van der Waals surface area contributed by atoms with Crippen LogP contribution in [0.3, 0.4) is 0 Å². The van der Waals surface area contributed by atoms with Crippen LogP contribution >= 0.6 is 0 Å². The third kappa shape index (κ3) is 2.58. The van der Waals surface area contributed by atoms with Crippen molar-refractivity contribution in [2.24, 2.45) is 0 Å². The molecule has 0 spiro atoms. The molecule has 0 radical (unpaired) electrons. The summed E-state index contributed by atoms with van der Waals surface area (Å²) in [6, 6.07) is 7.39. The van der Waals surface area contributed by atoms with Gasteiger partial charge in [-0.1, -0.05) is 17.3 Å². The van der Waals surface area contributed by atoms with Crippen LogP contribution in [0.15, 0.2) is 33.6 Å². The van der Waals surface area contributed by atoms with Crippen molar-refractivity contribution in [2.75, 3.05) is 18.0 Å². The van der Waals surface area contributed by atoms with Crippen molar-refractivity contribution >= 4 is 16.9 Å². The Bertz CT molecular complexity index is 893. The lowest BCUT2D eigenvalue weighted by molar-refractivity contribution is 0.375. The number of fused-ring (bicyclic) bond motifs is 1.